The molecule has 0 amide bonds. The van der Waals surface area contributed by atoms with Crippen LogP contribution in [0.25, 0.3) is 21.9 Å². The van der Waals surface area contributed by atoms with Gasteiger partial charge in [-0.3, -0.25) is 4.79 Å². The van der Waals surface area contributed by atoms with Gasteiger partial charge in [0.15, 0.2) is 82.2 Å². The Hall–Kier alpha value is -7.72. The van der Waals surface area contributed by atoms with E-state index in [1.165, 1.54) is 16.3 Å². The minimum Gasteiger partial charge on any atom is -0.287 e. The topological polar surface area (TPSA) is 20.9 Å². The molecular formula is C47H18BF20NO. The van der Waals surface area contributed by atoms with E-state index in [0.717, 1.165) is 11.1 Å². The van der Waals surface area contributed by atoms with Crippen molar-refractivity contribution in [2.75, 3.05) is 0 Å². The third-order valence-electron chi connectivity index (χ3n) is 11.1. The van der Waals surface area contributed by atoms with E-state index < -0.39 is 144 Å². The average Bonchev–Trinajstić information content (AvgIpc) is 3.36. The summed E-state index contributed by atoms with van der Waals surface area (Å²) in [5.74, 6) is -71.3. The number of aromatic nitrogens is 1. The van der Waals surface area contributed by atoms with Crippen LogP contribution in [0.2, 0.25) is 0 Å². The van der Waals surface area contributed by atoms with Crippen LogP contribution in [0.4, 0.5) is 87.8 Å². The van der Waals surface area contributed by atoms with Gasteiger partial charge in [-0.1, -0.05) is 66.7 Å². The summed E-state index contributed by atoms with van der Waals surface area (Å²) in [4.78, 5) is 12.3. The van der Waals surface area contributed by atoms with Crippen LogP contribution in [0.3, 0.4) is 0 Å². The van der Waals surface area contributed by atoms with Crippen LogP contribution >= 0.6 is 0 Å². The van der Waals surface area contributed by atoms with Gasteiger partial charge in [-0.2, -0.15) is 4.57 Å². The normalized spacial score (nSPS) is 11.5. The molecular weight excluding hydrogens is 985 g/mol. The van der Waals surface area contributed by atoms with Gasteiger partial charge in [0.25, 0.3) is 0 Å². The molecule has 0 N–H and O–H groups in total. The Kier molecular flexibility index (Phi) is 13.6. The van der Waals surface area contributed by atoms with Gasteiger partial charge in [0.05, 0.1) is 0 Å². The number of benzene rings is 7. The number of ketones is 1. The molecule has 70 heavy (non-hydrogen) atoms. The van der Waals surface area contributed by atoms with Gasteiger partial charge in [0.2, 0.25) is 12.3 Å². The molecule has 0 aliphatic carbocycles. The summed E-state index contributed by atoms with van der Waals surface area (Å²) >= 11 is 0. The molecule has 0 fully saturated rings. The fraction of sp³-hybridized carbons (Fsp3) is 0.0213. The van der Waals surface area contributed by atoms with Gasteiger partial charge >= 0.3 is 0 Å². The Morgan fingerprint density at radius 1 is 0.329 bits per heavy atom. The van der Waals surface area contributed by atoms with Crippen molar-refractivity contribution in [2.45, 2.75) is 6.54 Å². The lowest BCUT2D eigenvalue weighted by molar-refractivity contribution is -0.683. The van der Waals surface area contributed by atoms with Crippen molar-refractivity contribution < 1.29 is 97.2 Å². The van der Waals surface area contributed by atoms with Crippen molar-refractivity contribution >= 4 is 44.6 Å². The molecule has 0 unspecified atom stereocenters. The van der Waals surface area contributed by atoms with Crippen LogP contribution in [0.1, 0.15) is 10.4 Å². The number of fused-ring (bicyclic) bond motifs is 1. The van der Waals surface area contributed by atoms with E-state index in [9.17, 15) is 57.5 Å². The first-order valence-corrected chi connectivity index (χ1v) is 19.3. The molecule has 360 valence electrons. The van der Waals surface area contributed by atoms with Crippen molar-refractivity contribution in [1.29, 1.82) is 0 Å². The van der Waals surface area contributed by atoms with Crippen molar-refractivity contribution in [3.05, 3.63) is 219 Å². The maximum Gasteiger partial charge on any atom is 0.227 e. The second-order valence-corrected chi connectivity index (χ2v) is 14.9. The predicted octanol–water partition coefficient (Wildman–Crippen LogP) is 10.5. The van der Waals surface area contributed by atoms with Crippen LogP contribution in [0.5, 0.6) is 0 Å². The lowest BCUT2D eigenvalue weighted by Crippen LogP contribution is -2.81. The maximum absolute atomic E-state index is 15.4. The molecule has 0 bridgehead atoms. The molecule has 0 atom stereocenters. The SMILES string of the molecule is Fc1c(F)c(F)c([B-](c2c(F)c(F)c(F)c(F)c2F)(c2c(F)c(F)c(F)c(F)c2F)c2c(F)c(F)c(F)c(F)c2F)c(F)c1F.O=C(C[n+]1ccc(-c2ccc3ccccc3c2)cc1)c1ccccc1. The summed E-state index contributed by atoms with van der Waals surface area (Å²) in [5.41, 5.74) is -11.3. The lowest BCUT2D eigenvalue weighted by Gasteiger charge is -2.44. The van der Waals surface area contributed by atoms with Gasteiger partial charge in [-0.15, -0.1) is 21.9 Å². The monoisotopic (exact) mass is 1000 g/mol. The lowest BCUT2D eigenvalue weighted by atomic mass is 9.12. The molecule has 0 spiro atoms. The molecule has 1 heterocycles. The third-order valence-corrected chi connectivity index (χ3v) is 11.1. The van der Waals surface area contributed by atoms with Crippen LogP contribution in [0, 0.1) is 116 Å². The molecule has 0 saturated carbocycles. The van der Waals surface area contributed by atoms with Crippen LogP contribution in [0.15, 0.2) is 97.3 Å². The standard InChI is InChI=1S/C24BF20.C23H18NO/c26-5-1(6(27)14(35)21(42)13(5)34)25(2-7(28)15(36)22(43)16(37)8(2)29,3-9(30)17(38)23(44)18(39)10(3)31)4-11(32)19(40)24(45)20(41)12(4)33;25-23(20-7-2-1-3-8-20)17-24-14-12-19(13-15-24)22-11-10-18-6-4-5-9-21(18)16-22/h;1-16H,17H2/q-1;+1. The minimum atomic E-state index is -7.22. The number of Topliss-reactive ketones (excluding diaryl/α,β-unsaturated/α-hetero) is 1. The van der Waals surface area contributed by atoms with E-state index in [0.29, 0.717) is 6.54 Å². The van der Waals surface area contributed by atoms with Gasteiger partial charge < -0.3 is 0 Å². The second-order valence-electron chi connectivity index (χ2n) is 14.9. The first kappa shape index (κ1) is 50.2. The Bertz CT molecular complexity index is 3040. The van der Waals surface area contributed by atoms with Gasteiger partial charge in [0.1, 0.15) is 52.7 Å². The molecule has 8 aromatic rings. The number of halogens is 20. The molecule has 7 aromatic carbocycles. The number of nitrogens with zero attached hydrogens (tertiary/aromatic N) is 1. The molecule has 8 rings (SSSR count). The van der Waals surface area contributed by atoms with Gasteiger partial charge in [0, 0.05) is 17.7 Å². The number of pyridine rings is 1. The zero-order valence-electron chi connectivity index (χ0n) is 33.9. The minimum absolute atomic E-state index is 0.115. The van der Waals surface area contributed by atoms with Crippen molar-refractivity contribution in [3.8, 4) is 11.1 Å². The zero-order valence-corrected chi connectivity index (χ0v) is 33.9. The summed E-state index contributed by atoms with van der Waals surface area (Å²) in [7, 11) is 0. The molecule has 0 aliphatic heterocycles. The van der Waals surface area contributed by atoms with E-state index in [-0.39, 0.29) is 5.78 Å². The first-order chi connectivity index (χ1) is 33.0. The van der Waals surface area contributed by atoms with E-state index >= 15 is 35.1 Å². The molecule has 0 radical (unpaired) electrons. The molecule has 1 aromatic heterocycles. The quantitative estimate of drug-likeness (QED) is 0.0371. The number of carbonyl (C=O) groups excluding carboxylic acids is 1. The Labute approximate surface area is 378 Å². The van der Waals surface area contributed by atoms with Crippen LogP contribution < -0.4 is 26.4 Å². The summed E-state index contributed by atoms with van der Waals surface area (Å²) in [6.07, 6.45) is -3.29. The van der Waals surface area contributed by atoms with Crippen LogP contribution in [-0.4, -0.2) is 11.9 Å². The summed E-state index contributed by atoms with van der Waals surface area (Å²) in [6, 6.07) is 28.4. The fourth-order valence-corrected chi connectivity index (χ4v) is 7.88. The number of hydrogen-bond acceptors (Lipinski definition) is 1. The highest BCUT2D eigenvalue weighted by Crippen LogP contribution is 2.31. The maximum atomic E-state index is 15.4. The summed E-state index contributed by atoms with van der Waals surface area (Å²) in [5, 5.41) is 2.47. The Balaban J connectivity index is 0.000000242. The van der Waals surface area contributed by atoms with E-state index in [4.69, 9.17) is 0 Å². The van der Waals surface area contributed by atoms with E-state index in [2.05, 4.69) is 54.6 Å². The Morgan fingerprint density at radius 2 is 0.629 bits per heavy atom. The molecule has 2 nitrogen and oxygen atoms in total. The van der Waals surface area contributed by atoms with Crippen molar-refractivity contribution in [3.63, 3.8) is 0 Å². The number of rotatable bonds is 8. The number of carbonyl (C=O) groups is 1. The molecule has 0 aliphatic rings. The zero-order chi connectivity index (χ0) is 51.4. The highest BCUT2D eigenvalue weighted by Gasteiger charge is 2.52. The Morgan fingerprint density at radius 3 is 0.971 bits per heavy atom. The highest BCUT2D eigenvalue weighted by atomic mass is 19.2. The van der Waals surface area contributed by atoms with Gasteiger partial charge in [-0.25, -0.2) is 87.8 Å². The largest absolute Gasteiger partial charge is 0.287 e. The fourth-order valence-electron chi connectivity index (χ4n) is 7.88. The van der Waals surface area contributed by atoms with Crippen molar-refractivity contribution in [1.82, 2.24) is 0 Å². The average molecular weight is 1000 g/mol. The smallest absolute Gasteiger partial charge is 0.227 e. The first-order valence-electron chi connectivity index (χ1n) is 19.3. The van der Waals surface area contributed by atoms with Crippen molar-refractivity contribution in [2.24, 2.45) is 0 Å². The molecule has 23 heteroatoms. The van der Waals surface area contributed by atoms with Crippen LogP contribution in [-0.2, 0) is 6.54 Å². The molecule has 0 saturated heterocycles. The third kappa shape index (κ3) is 8.05. The van der Waals surface area contributed by atoms with Gasteiger partial charge in [-0.05, 0) is 28.0 Å². The predicted molar refractivity (Wildman–Crippen MR) is 210 cm³/mol. The second kappa shape index (κ2) is 19.0. The highest BCUT2D eigenvalue weighted by molar-refractivity contribution is 7.20. The summed E-state index contributed by atoms with van der Waals surface area (Å²) in [6.45, 7) is 0.349. The van der Waals surface area contributed by atoms with E-state index in [1.54, 1.807) is 0 Å². The summed E-state index contributed by atoms with van der Waals surface area (Å²) < 4.78 is 296. The number of hydrogen-bond donors (Lipinski definition) is 0. The van der Waals surface area contributed by atoms with E-state index in [1.807, 2.05) is 47.3 Å².